The maximum Gasteiger partial charge on any atom is 0.312 e. The number of aliphatic hydroxyl groups is 2. The van der Waals surface area contributed by atoms with Crippen molar-refractivity contribution in [2.45, 2.75) is 85.6 Å². The average molecular weight is 741 g/mol. The molecule has 0 fully saturated rings. The number of carbonyl (C=O) groups excluding carboxylic acids is 3. The second-order valence-electron chi connectivity index (χ2n) is 13.9. The van der Waals surface area contributed by atoms with Gasteiger partial charge in [-0.15, -0.1) is 0 Å². The maximum atomic E-state index is 14.1. The van der Waals surface area contributed by atoms with Gasteiger partial charge in [-0.05, 0) is 19.9 Å². The van der Waals surface area contributed by atoms with E-state index in [0.29, 0.717) is 0 Å². The van der Waals surface area contributed by atoms with E-state index >= 15 is 0 Å². The van der Waals surface area contributed by atoms with E-state index in [9.17, 15) is 45.1 Å². The van der Waals surface area contributed by atoms with Gasteiger partial charge in [0, 0.05) is 61.2 Å². The number of amides is 1. The maximum absolute atomic E-state index is 14.1. The zero-order valence-corrected chi connectivity index (χ0v) is 31.1. The minimum Gasteiger partial charge on any atom is -0.507 e. The number of carbonyl (C=O) groups is 3. The molecule has 15 heteroatoms. The fourth-order valence-electron chi connectivity index (χ4n) is 6.93. The van der Waals surface area contributed by atoms with Crippen molar-refractivity contribution in [3.8, 4) is 23.0 Å². The number of nitrogens with one attached hydrogen (secondary N) is 1. The Hall–Kier alpha value is -5.12. The summed E-state index contributed by atoms with van der Waals surface area (Å²) < 4.78 is 23.2. The average Bonchev–Trinajstić information content (AvgIpc) is 3.38. The van der Waals surface area contributed by atoms with Gasteiger partial charge in [-0.1, -0.05) is 51.1 Å². The summed E-state index contributed by atoms with van der Waals surface area (Å²) in [7, 11) is 1.41. The molecule has 1 amide bonds. The van der Waals surface area contributed by atoms with Crippen molar-refractivity contribution in [2.24, 2.45) is 28.8 Å². The lowest BCUT2D eigenvalue weighted by Crippen LogP contribution is -2.46. The Labute approximate surface area is 306 Å². The molecule has 288 valence electrons. The Bertz CT molecular complexity index is 1900. The highest BCUT2D eigenvalue weighted by atomic mass is 16.7. The molecule has 5 bridgehead atoms. The molecule has 9 atom stereocenters. The monoisotopic (exact) mass is 740 g/mol. The van der Waals surface area contributed by atoms with Crippen LogP contribution in [0, 0.1) is 30.6 Å². The summed E-state index contributed by atoms with van der Waals surface area (Å²) in [6.07, 6.45) is 4.01. The number of ketones is 1. The number of methoxy groups -OCH3 is 1. The standard InChI is InChI=1S/C38H48N2O13/c1-16-11-10-12-17(2)37(48)40-28-23(15-39-49)32(45)25-26(33(28)46)31(44)21(6)35-27(25)36(47)38(8,53-35)51-14-13-24(50-9)18(3)34(52-22(7)41)20(5)30(43)19(4)29(16)42/h10-16,18-20,24,29-30,34,42-46,49H,1-9H3,(H,40,48)/b11-10+,14-13+,17-12+,39-15?/t16-,18+,19+,20+,24-,29-,30+,34+,38-/m0/s1. The van der Waals surface area contributed by atoms with Gasteiger partial charge in [0.05, 0.1) is 53.0 Å². The highest BCUT2D eigenvalue weighted by Gasteiger charge is 2.50. The lowest BCUT2D eigenvalue weighted by atomic mass is 9.78. The fraction of sp³-hybridized carbons (Fsp3) is 0.474. The molecular formula is C38H48N2O13. The molecule has 3 aliphatic rings. The summed E-state index contributed by atoms with van der Waals surface area (Å²) in [5.41, 5.74) is -0.978. The van der Waals surface area contributed by atoms with Gasteiger partial charge in [0.2, 0.25) is 0 Å². The number of phenolic OH excluding ortho intramolecular Hbond substituents is 3. The summed E-state index contributed by atoms with van der Waals surface area (Å²) in [5.74, 6) is -9.00. The van der Waals surface area contributed by atoms with Crippen LogP contribution in [0.15, 0.2) is 41.3 Å². The van der Waals surface area contributed by atoms with Gasteiger partial charge in [0.1, 0.15) is 23.4 Å². The number of allylic oxidation sites excluding steroid dienone is 2. The van der Waals surface area contributed by atoms with Crippen LogP contribution in [-0.2, 0) is 23.8 Å². The van der Waals surface area contributed by atoms with Gasteiger partial charge >= 0.3 is 11.8 Å². The molecule has 0 aromatic heterocycles. The van der Waals surface area contributed by atoms with E-state index in [-0.39, 0.29) is 27.8 Å². The molecule has 0 aliphatic carbocycles. The van der Waals surface area contributed by atoms with Crippen LogP contribution in [0.3, 0.4) is 0 Å². The van der Waals surface area contributed by atoms with Crippen molar-refractivity contribution >= 4 is 40.3 Å². The number of fused-ring (bicyclic) bond motifs is 14. The predicted molar refractivity (Wildman–Crippen MR) is 193 cm³/mol. The second kappa shape index (κ2) is 15.9. The van der Waals surface area contributed by atoms with E-state index in [4.69, 9.17) is 18.9 Å². The molecule has 0 saturated heterocycles. The molecule has 0 saturated carbocycles. The lowest BCUT2D eigenvalue weighted by Gasteiger charge is -2.38. The third kappa shape index (κ3) is 7.54. The minimum atomic E-state index is -2.07. The number of aromatic hydroxyl groups is 3. The number of hydrogen-bond donors (Lipinski definition) is 7. The van der Waals surface area contributed by atoms with E-state index in [1.54, 1.807) is 33.8 Å². The summed E-state index contributed by atoms with van der Waals surface area (Å²) in [4.78, 5) is 39.7. The van der Waals surface area contributed by atoms with Crippen LogP contribution in [0.2, 0.25) is 0 Å². The van der Waals surface area contributed by atoms with Crippen molar-refractivity contribution in [3.05, 3.63) is 52.8 Å². The molecule has 2 aromatic rings. The van der Waals surface area contributed by atoms with Gasteiger partial charge in [0.25, 0.3) is 11.7 Å². The Morgan fingerprint density at radius 1 is 0.962 bits per heavy atom. The minimum absolute atomic E-state index is 0.00476. The largest absolute Gasteiger partial charge is 0.507 e. The normalized spacial score (nSPS) is 32.2. The number of hydrogen-bond acceptors (Lipinski definition) is 14. The zero-order valence-electron chi connectivity index (χ0n) is 31.1. The van der Waals surface area contributed by atoms with Crippen LogP contribution in [0.5, 0.6) is 23.0 Å². The van der Waals surface area contributed by atoms with Gasteiger partial charge in [-0.3, -0.25) is 14.4 Å². The second-order valence-corrected chi connectivity index (χ2v) is 13.9. The molecule has 53 heavy (non-hydrogen) atoms. The van der Waals surface area contributed by atoms with Crippen LogP contribution in [0.25, 0.3) is 10.8 Å². The quantitative estimate of drug-likeness (QED) is 0.0572. The van der Waals surface area contributed by atoms with E-state index in [0.717, 1.165) is 12.5 Å². The Morgan fingerprint density at radius 2 is 1.62 bits per heavy atom. The SMILES string of the molecule is CO[C@H]1/C=C/O[C@@]2(C)Oc3c(C)c(O)c4c(O)c(c(C=NO)c(O)c4c3C2=O)NC(=O)/C(C)=C/C=C/[C@H](C)[C@H](O)[C@@H](C)[C@@H](O)[C@@H](C)[C@H](OC(C)=O)[C@@H]1C. The first kappa shape index (κ1) is 40.6. The first-order valence-electron chi connectivity index (χ1n) is 17.1. The van der Waals surface area contributed by atoms with Gasteiger partial charge in [0.15, 0.2) is 5.75 Å². The Balaban J connectivity index is 1.95. The van der Waals surface area contributed by atoms with E-state index < -0.39 is 105 Å². The summed E-state index contributed by atoms with van der Waals surface area (Å²) >= 11 is 0. The van der Waals surface area contributed by atoms with Crippen molar-refractivity contribution in [1.29, 1.82) is 0 Å². The topological polar surface area (TPSA) is 234 Å². The molecule has 3 aliphatic heterocycles. The predicted octanol–water partition coefficient (Wildman–Crippen LogP) is 4.56. The number of esters is 1. The van der Waals surface area contributed by atoms with Gasteiger partial charge in [-0.25, -0.2) is 0 Å². The van der Waals surface area contributed by atoms with E-state index in [1.807, 2.05) is 0 Å². The van der Waals surface area contributed by atoms with Crippen molar-refractivity contribution < 1.29 is 64.1 Å². The van der Waals surface area contributed by atoms with Gasteiger partial charge < -0.3 is 55.0 Å². The van der Waals surface area contributed by atoms with Crippen molar-refractivity contribution in [2.75, 3.05) is 12.4 Å². The molecule has 0 spiro atoms. The molecule has 15 nitrogen and oxygen atoms in total. The van der Waals surface area contributed by atoms with Crippen molar-refractivity contribution in [1.82, 2.24) is 0 Å². The highest BCUT2D eigenvalue weighted by Crippen LogP contribution is 2.55. The first-order chi connectivity index (χ1) is 24.8. The molecular weight excluding hydrogens is 692 g/mol. The number of oxime groups is 1. The van der Waals surface area contributed by atoms with Crippen LogP contribution in [0.1, 0.15) is 70.0 Å². The van der Waals surface area contributed by atoms with Crippen LogP contribution in [-0.4, -0.2) is 91.9 Å². The molecule has 7 N–H and O–H groups in total. The molecule has 5 rings (SSSR count). The summed E-state index contributed by atoms with van der Waals surface area (Å²) in [6, 6.07) is 0. The van der Waals surface area contributed by atoms with E-state index in [2.05, 4.69) is 10.5 Å². The third-order valence-electron chi connectivity index (χ3n) is 10.2. The molecule has 3 heterocycles. The Kier molecular flexibility index (Phi) is 12.2. The summed E-state index contributed by atoms with van der Waals surface area (Å²) in [5, 5.41) is 71.2. The fourth-order valence-corrected chi connectivity index (χ4v) is 6.93. The lowest BCUT2D eigenvalue weighted by molar-refractivity contribution is -0.160. The Morgan fingerprint density at radius 3 is 2.23 bits per heavy atom. The number of anilines is 1. The van der Waals surface area contributed by atoms with E-state index in [1.165, 1.54) is 53.0 Å². The van der Waals surface area contributed by atoms with Crippen molar-refractivity contribution in [3.63, 3.8) is 0 Å². The van der Waals surface area contributed by atoms with Gasteiger partial charge in [-0.2, -0.15) is 0 Å². The number of nitrogens with zero attached hydrogens (tertiary/aromatic N) is 1. The summed E-state index contributed by atoms with van der Waals surface area (Å²) in [6.45, 7) is 12.2. The smallest absolute Gasteiger partial charge is 0.312 e. The number of phenols is 3. The third-order valence-corrected chi connectivity index (χ3v) is 10.2. The number of aliphatic hydroxyl groups excluding tert-OH is 2. The molecule has 2 aromatic carbocycles. The molecule has 0 unspecified atom stereocenters. The number of ether oxygens (including phenoxy) is 4. The zero-order chi connectivity index (χ0) is 39.7. The highest BCUT2D eigenvalue weighted by molar-refractivity contribution is 6.23. The number of benzene rings is 2. The molecule has 0 radical (unpaired) electrons. The number of Topliss-reactive ketones (excluding diaryl/α,β-unsaturated/α-hetero) is 1. The first-order valence-corrected chi connectivity index (χ1v) is 17.1. The van der Waals surface area contributed by atoms with Crippen LogP contribution >= 0.6 is 0 Å². The van der Waals surface area contributed by atoms with Crippen LogP contribution in [0.4, 0.5) is 5.69 Å². The van der Waals surface area contributed by atoms with Crippen LogP contribution < -0.4 is 10.1 Å². The number of rotatable bonds is 3.